The number of carbonyl (C=O) groups is 1. The monoisotopic (exact) mass is 381 g/mol. The number of hydrogen-bond donors (Lipinski definition) is 1. The van der Waals surface area contributed by atoms with Crippen molar-refractivity contribution >= 4 is 33.1 Å². The molecule has 0 bridgehead atoms. The maximum atomic E-state index is 12.8. The van der Waals surface area contributed by atoms with Crippen molar-refractivity contribution in [1.82, 2.24) is 9.55 Å². The van der Waals surface area contributed by atoms with E-state index in [0.29, 0.717) is 5.39 Å². The zero-order valence-corrected chi connectivity index (χ0v) is 16.7. The van der Waals surface area contributed by atoms with E-state index in [0.717, 1.165) is 35.3 Å². The molecule has 0 radical (unpaired) electrons. The van der Waals surface area contributed by atoms with E-state index in [9.17, 15) is 9.59 Å². The van der Waals surface area contributed by atoms with Crippen LogP contribution in [0.25, 0.3) is 10.2 Å². The van der Waals surface area contributed by atoms with E-state index in [1.54, 1.807) is 11.3 Å². The van der Waals surface area contributed by atoms with Gasteiger partial charge in [-0.05, 0) is 47.9 Å². The van der Waals surface area contributed by atoms with Gasteiger partial charge in [-0.2, -0.15) is 0 Å². The minimum absolute atomic E-state index is 0.0343. The second-order valence-corrected chi connectivity index (χ2v) is 9.17. The second kappa shape index (κ2) is 6.60. The van der Waals surface area contributed by atoms with E-state index >= 15 is 0 Å². The molecule has 1 aromatic carbocycles. The molecular weight excluding hydrogens is 358 g/mol. The summed E-state index contributed by atoms with van der Waals surface area (Å²) in [6.45, 7) is 6.42. The summed E-state index contributed by atoms with van der Waals surface area (Å²) < 4.78 is 1.41. The van der Waals surface area contributed by atoms with Gasteiger partial charge in [0.2, 0.25) is 5.91 Å². The number of benzene rings is 1. The molecule has 0 atom stereocenters. The van der Waals surface area contributed by atoms with Gasteiger partial charge in [-0.15, -0.1) is 11.3 Å². The van der Waals surface area contributed by atoms with Crippen LogP contribution in [0.3, 0.4) is 0 Å². The fraction of sp³-hybridized carbons (Fsp3) is 0.381. The first-order chi connectivity index (χ1) is 12.8. The highest BCUT2D eigenvalue weighted by molar-refractivity contribution is 7.18. The van der Waals surface area contributed by atoms with Gasteiger partial charge in [0.15, 0.2) is 0 Å². The SMILES string of the molecule is CC(C)(C)c1ccc(NC(=O)Cn2cnc3sc4c(c3c2=O)CCC4)cc1. The van der Waals surface area contributed by atoms with Gasteiger partial charge >= 0.3 is 0 Å². The smallest absolute Gasteiger partial charge is 0.262 e. The molecule has 3 aromatic rings. The van der Waals surface area contributed by atoms with Gasteiger partial charge in [-0.25, -0.2) is 4.98 Å². The summed E-state index contributed by atoms with van der Waals surface area (Å²) in [6, 6.07) is 7.83. The number of anilines is 1. The van der Waals surface area contributed by atoms with Crippen molar-refractivity contribution in [2.75, 3.05) is 5.32 Å². The van der Waals surface area contributed by atoms with E-state index in [4.69, 9.17) is 0 Å². The van der Waals surface area contributed by atoms with Crippen molar-refractivity contribution in [1.29, 1.82) is 0 Å². The lowest BCUT2D eigenvalue weighted by atomic mass is 9.87. The highest BCUT2D eigenvalue weighted by Gasteiger charge is 2.21. The summed E-state index contributed by atoms with van der Waals surface area (Å²) in [6.07, 6.45) is 4.54. The summed E-state index contributed by atoms with van der Waals surface area (Å²) >= 11 is 1.61. The minimum atomic E-state index is -0.228. The van der Waals surface area contributed by atoms with Crippen molar-refractivity contribution in [3.05, 3.63) is 57.0 Å². The quantitative estimate of drug-likeness (QED) is 0.749. The molecule has 1 N–H and O–H groups in total. The molecule has 27 heavy (non-hydrogen) atoms. The Kier molecular flexibility index (Phi) is 4.38. The third-order valence-electron chi connectivity index (χ3n) is 5.04. The zero-order valence-electron chi connectivity index (χ0n) is 15.8. The number of fused-ring (bicyclic) bond motifs is 3. The van der Waals surface area contributed by atoms with Crippen LogP contribution < -0.4 is 10.9 Å². The number of aromatic nitrogens is 2. The number of nitrogens with one attached hydrogen (secondary N) is 1. The van der Waals surface area contributed by atoms with Crippen LogP contribution in [0.1, 0.15) is 43.2 Å². The maximum Gasteiger partial charge on any atom is 0.262 e. The molecule has 0 aliphatic heterocycles. The normalized spacial score (nSPS) is 13.7. The van der Waals surface area contributed by atoms with Gasteiger partial charge in [-0.1, -0.05) is 32.9 Å². The Morgan fingerprint density at radius 3 is 2.67 bits per heavy atom. The molecule has 0 unspecified atom stereocenters. The molecule has 1 aliphatic rings. The first-order valence-corrected chi connectivity index (χ1v) is 10.0. The first-order valence-electron chi connectivity index (χ1n) is 9.23. The number of thiophene rings is 1. The van der Waals surface area contributed by atoms with Crippen molar-refractivity contribution in [3.8, 4) is 0 Å². The maximum absolute atomic E-state index is 12.8. The fourth-order valence-electron chi connectivity index (χ4n) is 3.54. The number of hydrogen-bond acceptors (Lipinski definition) is 4. The standard InChI is InChI=1S/C21H23N3O2S/c1-21(2,3)13-7-9-14(10-8-13)23-17(25)11-24-12-22-19-18(20(24)26)15-5-4-6-16(15)27-19/h7-10,12H,4-6,11H2,1-3H3,(H,23,25). The van der Waals surface area contributed by atoms with Crippen LogP contribution in [0.15, 0.2) is 35.4 Å². The summed E-state index contributed by atoms with van der Waals surface area (Å²) in [5.74, 6) is -0.228. The Balaban J connectivity index is 1.53. The summed E-state index contributed by atoms with van der Waals surface area (Å²) in [4.78, 5) is 31.7. The first kappa shape index (κ1) is 17.9. The van der Waals surface area contributed by atoms with Crippen LogP contribution in [0.5, 0.6) is 0 Å². The molecule has 0 spiro atoms. The fourth-order valence-corrected chi connectivity index (χ4v) is 4.76. The largest absolute Gasteiger partial charge is 0.325 e. The van der Waals surface area contributed by atoms with Crippen molar-refractivity contribution < 1.29 is 4.79 Å². The highest BCUT2D eigenvalue weighted by Crippen LogP contribution is 2.34. The highest BCUT2D eigenvalue weighted by atomic mass is 32.1. The van der Waals surface area contributed by atoms with E-state index in [-0.39, 0.29) is 23.4 Å². The van der Waals surface area contributed by atoms with Gasteiger partial charge in [-0.3, -0.25) is 14.2 Å². The van der Waals surface area contributed by atoms with Crippen LogP contribution in [-0.2, 0) is 29.6 Å². The topological polar surface area (TPSA) is 64.0 Å². The molecule has 2 aromatic heterocycles. The Hall–Kier alpha value is -2.47. The van der Waals surface area contributed by atoms with Gasteiger partial charge in [0, 0.05) is 10.6 Å². The van der Waals surface area contributed by atoms with E-state index in [1.165, 1.54) is 21.3 Å². The van der Waals surface area contributed by atoms with Crippen LogP contribution in [0.4, 0.5) is 5.69 Å². The van der Waals surface area contributed by atoms with Gasteiger partial charge < -0.3 is 5.32 Å². The molecule has 5 nitrogen and oxygen atoms in total. The average molecular weight is 382 g/mol. The lowest BCUT2D eigenvalue weighted by molar-refractivity contribution is -0.116. The molecule has 4 rings (SSSR count). The third kappa shape index (κ3) is 3.41. The van der Waals surface area contributed by atoms with E-state index in [1.807, 2.05) is 24.3 Å². The summed E-state index contributed by atoms with van der Waals surface area (Å²) in [5, 5.41) is 3.57. The third-order valence-corrected chi connectivity index (χ3v) is 6.24. The molecule has 140 valence electrons. The number of rotatable bonds is 3. The van der Waals surface area contributed by atoms with Gasteiger partial charge in [0.1, 0.15) is 11.4 Å². The molecule has 0 saturated heterocycles. The van der Waals surface area contributed by atoms with Crippen LogP contribution in [0.2, 0.25) is 0 Å². The number of nitrogens with zero attached hydrogens (tertiary/aromatic N) is 2. The number of aryl methyl sites for hydroxylation is 2. The molecule has 1 aliphatic carbocycles. The predicted molar refractivity (Wildman–Crippen MR) is 110 cm³/mol. The Morgan fingerprint density at radius 1 is 1.22 bits per heavy atom. The summed E-state index contributed by atoms with van der Waals surface area (Å²) in [7, 11) is 0. The second-order valence-electron chi connectivity index (χ2n) is 8.09. The predicted octanol–water partition coefficient (Wildman–Crippen LogP) is 3.88. The molecule has 0 fully saturated rings. The van der Waals surface area contributed by atoms with Crippen molar-refractivity contribution in [2.45, 2.75) is 52.0 Å². The Bertz CT molecular complexity index is 1070. The number of carbonyl (C=O) groups excluding carboxylic acids is 1. The average Bonchev–Trinajstić information content (AvgIpc) is 3.18. The van der Waals surface area contributed by atoms with Crippen molar-refractivity contribution in [2.24, 2.45) is 0 Å². The lowest BCUT2D eigenvalue weighted by Crippen LogP contribution is -2.28. The van der Waals surface area contributed by atoms with E-state index in [2.05, 4.69) is 31.1 Å². The zero-order chi connectivity index (χ0) is 19.2. The van der Waals surface area contributed by atoms with Gasteiger partial charge in [0.25, 0.3) is 5.56 Å². The van der Waals surface area contributed by atoms with Crippen LogP contribution in [0, 0.1) is 0 Å². The molecule has 0 saturated carbocycles. The van der Waals surface area contributed by atoms with E-state index < -0.39 is 0 Å². The molecular formula is C21H23N3O2S. The minimum Gasteiger partial charge on any atom is -0.325 e. The van der Waals surface area contributed by atoms with Gasteiger partial charge in [0.05, 0.1) is 11.7 Å². The molecule has 6 heteroatoms. The Labute approximate surface area is 162 Å². The Morgan fingerprint density at radius 2 is 1.96 bits per heavy atom. The van der Waals surface area contributed by atoms with Crippen LogP contribution in [-0.4, -0.2) is 15.5 Å². The lowest BCUT2D eigenvalue weighted by Gasteiger charge is -2.19. The summed E-state index contributed by atoms with van der Waals surface area (Å²) in [5.41, 5.74) is 3.03. The van der Waals surface area contributed by atoms with Crippen molar-refractivity contribution in [3.63, 3.8) is 0 Å². The number of amides is 1. The molecule has 2 heterocycles. The molecule has 1 amide bonds. The van der Waals surface area contributed by atoms with Crippen LogP contribution >= 0.6 is 11.3 Å².